The number of benzene rings is 1. The van der Waals surface area contributed by atoms with E-state index in [4.69, 9.17) is 4.74 Å². The van der Waals surface area contributed by atoms with Gasteiger partial charge in [0.25, 0.3) is 0 Å². The molecule has 0 saturated carbocycles. The van der Waals surface area contributed by atoms with E-state index in [9.17, 15) is 0 Å². The minimum atomic E-state index is 0.461. The van der Waals surface area contributed by atoms with Crippen LogP contribution in [0, 0.1) is 6.92 Å². The van der Waals surface area contributed by atoms with Gasteiger partial charge in [-0.25, -0.2) is 9.67 Å². The molecule has 0 atom stereocenters. The van der Waals surface area contributed by atoms with Crippen LogP contribution in [0.3, 0.4) is 0 Å². The minimum absolute atomic E-state index is 0.461. The number of nitrogens with zero attached hydrogens (tertiary/aromatic N) is 3. The smallest absolute Gasteiger partial charge is 0.164 e. The highest BCUT2D eigenvalue weighted by atomic mass is 16.5. The van der Waals surface area contributed by atoms with Gasteiger partial charge in [0.15, 0.2) is 5.82 Å². The zero-order valence-electron chi connectivity index (χ0n) is 10.3. The predicted molar refractivity (Wildman–Crippen MR) is 65.8 cm³/mol. The SMILES string of the molecule is CCCn1ncnc1COc1ccc(C)cc1. The van der Waals surface area contributed by atoms with E-state index in [1.807, 2.05) is 28.9 Å². The molecule has 0 spiro atoms. The summed E-state index contributed by atoms with van der Waals surface area (Å²) in [6.45, 7) is 5.52. The van der Waals surface area contributed by atoms with Crippen molar-refractivity contribution < 1.29 is 4.74 Å². The Morgan fingerprint density at radius 3 is 2.71 bits per heavy atom. The van der Waals surface area contributed by atoms with Crippen molar-refractivity contribution in [1.29, 1.82) is 0 Å². The highest BCUT2D eigenvalue weighted by Crippen LogP contribution is 2.12. The zero-order valence-corrected chi connectivity index (χ0v) is 10.3. The maximum Gasteiger partial charge on any atom is 0.164 e. The van der Waals surface area contributed by atoms with Crippen molar-refractivity contribution in [2.75, 3.05) is 0 Å². The Morgan fingerprint density at radius 1 is 1.24 bits per heavy atom. The average Bonchev–Trinajstić information content (AvgIpc) is 2.77. The average molecular weight is 231 g/mol. The summed E-state index contributed by atoms with van der Waals surface area (Å²) in [6.07, 6.45) is 2.62. The molecule has 1 heterocycles. The fourth-order valence-corrected chi connectivity index (χ4v) is 1.58. The zero-order chi connectivity index (χ0) is 12.1. The number of aryl methyl sites for hydroxylation is 2. The molecule has 90 valence electrons. The van der Waals surface area contributed by atoms with Crippen LogP contribution in [-0.2, 0) is 13.2 Å². The molecule has 17 heavy (non-hydrogen) atoms. The Morgan fingerprint density at radius 2 is 2.00 bits per heavy atom. The maximum atomic E-state index is 5.67. The normalized spacial score (nSPS) is 10.5. The first-order chi connectivity index (χ1) is 8.29. The lowest BCUT2D eigenvalue weighted by atomic mass is 10.2. The topological polar surface area (TPSA) is 39.9 Å². The van der Waals surface area contributed by atoms with Gasteiger partial charge in [0.2, 0.25) is 0 Å². The Kier molecular flexibility index (Phi) is 3.75. The van der Waals surface area contributed by atoms with Crippen LogP contribution in [0.4, 0.5) is 0 Å². The molecule has 0 radical (unpaired) electrons. The summed E-state index contributed by atoms with van der Waals surface area (Å²) >= 11 is 0. The predicted octanol–water partition coefficient (Wildman–Crippen LogP) is 2.58. The van der Waals surface area contributed by atoms with Crippen LogP contribution >= 0.6 is 0 Å². The molecule has 1 aromatic carbocycles. The van der Waals surface area contributed by atoms with Gasteiger partial charge in [0.05, 0.1) is 0 Å². The molecule has 0 fully saturated rings. The molecule has 0 aliphatic rings. The lowest BCUT2D eigenvalue weighted by molar-refractivity contribution is 0.286. The van der Waals surface area contributed by atoms with Crippen molar-refractivity contribution >= 4 is 0 Å². The van der Waals surface area contributed by atoms with E-state index in [-0.39, 0.29) is 0 Å². The van der Waals surface area contributed by atoms with Crippen LogP contribution in [0.5, 0.6) is 5.75 Å². The third kappa shape index (κ3) is 3.06. The molecule has 0 amide bonds. The summed E-state index contributed by atoms with van der Waals surface area (Å²) in [4.78, 5) is 4.19. The van der Waals surface area contributed by atoms with Gasteiger partial charge in [-0.3, -0.25) is 0 Å². The monoisotopic (exact) mass is 231 g/mol. The molecule has 2 rings (SSSR count). The molecule has 1 aromatic heterocycles. The third-order valence-electron chi connectivity index (χ3n) is 2.52. The fraction of sp³-hybridized carbons (Fsp3) is 0.385. The molecule has 0 unspecified atom stereocenters. The molecule has 0 aliphatic heterocycles. The van der Waals surface area contributed by atoms with E-state index < -0.39 is 0 Å². The van der Waals surface area contributed by atoms with Crippen LogP contribution in [0.25, 0.3) is 0 Å². The second-order valence-electron chi connectivity index (χ2n) is 4.00. The van der Waals surface area contributed by atoms with E-state index in [0.29, 0.717) is 6.61 Å². The minimum Gasteiger partial charge on any atom is -0.486 e. The molecule has 4 heteroatoms. The third-order valence-corrected chi connectivity index (χ3v) is 2.52. The molecular weight excluding hydrogens is 214 g/mol. The number of rotatable bonds is 5. The van der Waals surface area contributed by atoms with Gasteiger partial charge < -0.3 is 4.74 Å². The van der Waals surface area contributed by atoms with E-state index in [1.54, 1.807) is 6.33 Å². The Labute approximate surface area is 101 Å². The molecule has 0 bridgehead atoms. The lowest BCUT2D eigenvalue weighted by Crippen LogP contribution is -2.08. The van der Waals surface area contributed by atoms with Crippen LogP contribution < -0.4 is 4.74 Å². The summed E-state index contributed by atoms with van der Waals surface area (Å²) in [7, 11) is 0. The van der Waals surface area contributed by atoms with Crippen molar-refractivity contribution in [1.82, 2.24) is 14.8 Å². The first-order valence-corrected chi connectivity index (χ1v) is 5.85. The molecule has 2 aromatic rings. The van der Waals surface area contributed by atoms with Gasteiger partial charge in [-0.1, -0.05) is 24.6 Å². The molecule has 0 saturated heterocycles. The van der Waals surface area contributed by atoms with E-state index in [0.717, 1.165) is 24.5 Å². The quantitative estimate of drug-likeness (QED) is 0.794. The van der Waals surface area contributed by atoms with Crippen LogP contribution in [0.1, 0.15) is 24.7 Å². The van der Waals surface area contributed by atoms with Crippen molar-refractivity contribution in [3.8, 4) is 5.75 Å². The highest BCUT2D eigenvalue weighted by Gasteiger charge is 2.04. The van der Waals surface area contributed by atoms with Gasteiger partial charge in [-0.05, 0) is 25.5 Å². The first kappa shape index (κ1) is 11.6. The highest BCUT2D eigenvalue weighted by molar-refractivity contribution is 5.26. The molecular formula is C13H17N3O. The van der Waals surface area contributed by atoms with Gasteiger partial charge in [-0.15, -0.1) is 0 Å². The number of hydrogen-bond acceptors (Lipinski definition) is 3. The Bertz CT molecular complexity index is 462. The number of ether oxygens (including phenoxy) is 1. The van der Waals surface area contributed by atoms with Crippen molar-refractivity contribution in [3.05, 3.63) is 42.0 Å². The summed E-state index contributed by atoms with van der Waals surface area (Å²) in [5, 5.41) is 4.16. The second-order valence-corrected chi connectivity index (χ2v) is 4.00. The van der Waals surface area contributed by atoms with E-state index in [1.165, 1.54) is 5.56 Å². The molecule has 0 aliphatic carbocycles. The summed E-state index contributed by atoms with van der Waals surface area (Å²) < 4.78 is 7.55. The Balaban J connectivity index is 1.97. The molecule has 4 nitrogen and oxygen atoms in total. The van der Waals surface area contributed by atoms with Crippen LogP contribution in [-0.4, -0.2) is 14.8 Å². The first-order valence-electron chi connectivity index (χ1n) is 5.85. The van der Waals surface area contributed by atoms with E-state index in [2.05, 4.69) is 23.9 Å². The van der Waals surface area contributed by atoms with Crippen molar-refractivity contribution in [3.63, 3.8) is 0 Å². The number of hydrogen-bond donors (Lipinski definition) is 0. The van der Waals surface area contributed by atoms with Gasteiger partial charge in [0, 0.05) is 6.54 Å². The lowest BCUT2D eigenvalue weighted by Gasteiger charge is -2.07. The Hall–Kier alpha value is -1.84. The maximum absolute atomic E-state index is 5.67. The van der Waals surface area contributed by atoms with Gasteiger partial charge in [0.1, 0.15) is 18.7 Å². The standard InChI is InChI=1S/C13H17N3O/c1-3-8-16-13(14-10-15-16)9-17-12-6-4-11(2)5-7-12/h4-7,10H,3,8-9H2,1-2H3. The fourth-order valence-electron chi connectivity index (χ4n) is 1.58. The summed E-state index contributed by atoms with van der Waals surface area (Å²) in [5.41, 5.74) is 1.23. The summed E-state index contributed by atoms with van der Waals surface area (Å²) in [5.74, 6) is 1.73. The largest absolute Gasteiger partial charge is 0.486 e. The van der Waals surface area contributed by atoms with Gasteiger partial charge >= 0.3 is 0 Å². The van der Waals surface area contributed by atoms with Crippen LogP contribution in [0.15, 0.2) is 30.6 Å². The van der Waals surface area contributed by atoms with E-state index >= 15 is 0 Å². The molecule has 0 N–H and O–H groups in total. The van der Waals surface area contributed by atoms with Gasteiger partial charge in [-0.2, -0.15) is 5.10 Å². The second kappa shape index (κ2) is 5.48. The van der Waals surface area contributed by atoms with Crippen LogP contribution in [0.2, 0.25) is 0 Å². The summed E-state index contributed by atoms with van der Waals surface area (Å²) in [6, 6.07) is 8.00. The van der Waals surface area contributed by atoms with Crippen molar-refractivity contribution in [2.24, 2.45) is 0 Å². The van der Waals surface area contributed by atoms with Crippen molar-refractivity contribution in [2.45, 2.75) is 33.4 Å². The number of aromatic nitrogens is 3.